The van der Waals surface area contributed by atoms with E-state index in [1.54, 1.807) is 11.0 Å². The molecule has 1 unspecified atom stereocenters. The van der Waals surface area contributed by atoms with Gasteiger partial charge in [0, 0.05) is 5.56 Å². The standard InChI is InChI=1S/C10H13ClFNO/c1-13(2)10(11)8-6-7(12)4-5-9(8)14-3/h4-6,10H,1-3H3. The third-order valence-corrected chi connectivity index (χ3v) is 2.53. The van der Waals surface area contributed by atoms with E-state index in [-0.39, 0.29) is 11.3 Å². The lowest BCUT2D eigenvalue weighted by Crippen LogP contribution is -2.15. The summed E-state index contributed by atoms with van der Waals surface area (Å²) < 4.78 is 18.1. The highest BCUT2D eigenvalue weighted by molar-refractivity contribution is 6.20. The van der Waals surface area contributed by atoms with Crippen molar-refractivity contribution in [2.75, 3.05) is 21.2 Å². The first-order valence-electron chi connectivity index (χ1n) is 4.20. The van der Waals surface area contributed by atoms with Crippen LogP contribution in [0.15, 0.2) is 18.2 Å². The molecule has 0 aliphatic carbocycles. The Bertz CT molecular complexity index is 317. The summed E-state index contributed by atoms with van der Waals surface area (Å²) in [4.78, 5) is 1.78. The van der Waals surface area contributed by atoms with Gasteiger partial charge in [0.05, 0.1) is 7.11 Å². The van der Waals surface area contributed by atoms with Gasteiger partial charge in [0.15, 0.2) is 0 Å². The molecule has 0 saturated carbocycles. The molecule has 0 bridgehead atoms. The summed E-state index contributed by atoms with van der Waals surface area (Å²) in [6.07, 6.45) is 0. The van der Waals surface area contributed by atoms with Gasteiger partial charge in [-0.2, -0.15) is 0 Å². The molecule has 78 valence electrons. The molecule has 4 heteroatoms. The highest BCUT2D eigenvalue weighted by atomic mass is 35.5. The summed E-state index contributed by atoms with van der Waals surface area (Å²) in [5.41, 5.74) is 0.250. The number of ether oxygens (including phenoxy) is 1. The maximum atomic E-state index is 13.0. The largest absolute Gasteiger partial charge is 0.496 e. The smallest absolute Gasteiger partial charge is 0.125 e. The number of halogens is 2. The Morgan fingerprint density at radius 2 is 2.07 bits per heavy atom. The molecule has 0 amide bonds. The first-order chi connectivity index (χ1) is 6.56. The van der Waals surface area contributed by atoms with Crippen molar-refractivity contribution in [1.82, 2.24) is 4.90 Å². The van der Waals surface area contributed by atoms with Crippen molar-refractivity contribution in [1.29, 1.82) is 0 Å². The SMILES string of the molecule is COc1ccc(F)cc1C(Cl)N(C)C. The second kappa shape index (κ2) is 4.62. The number of nitrogens with zero attached hydrogens (tertiary/aromatic N) is 1. The molecule has 0 N–H and O–H groups in total. The summed E-state index contributed by atoms with van der Waals surface area (Å²) in [6.45, 7) is 0. The van der Waals surface area contributed by atoms with Gasteiger partial charge >= 0.3 is 0 Å². The monoisotopic (exact) mass is 217 g/mol. The van der Waals surface area contributed by atoms with E-state index in [4.69, 9.17) is 16.3 Å². The minimum Gasteiger partial charge on any atom is -0.496 e. The average Bonchev–Trinajstić information content (AvgIpc) is 2.16. The van der Waals surface area contributed by atoms with Gasteiger partial charge in [0.1, 0.15) is 17.1 Å². The minimum atomic E-state index is -0.388. The van der Waals surface area contributed by atoms with Crippen molar-refractivity contribution in [3.05, 3.63) is 29.6 Å². The summed E-state index contributed by atoms with van der Waals surface area (Å²) in [5.74, 6) is 0.286. The van der Waals surface area contributed by atoms with Crippen molar-refractivity contribution < 1.29 is 9.13 Å². The van der Waals surface area contributed by atoms with E-state index in [9.17, 15) is 4.39 Å². The molecule has 1 rings (SSSR count). The maximum Gasteiger partial charge on any atom is 0.125 e. The predicted molar refractivity (Wildman–Crippen MR) is 55.2 cm³/mol. The molecule has 1 aromatic carbocycles. The quantitative estimate of drug-likeness (QED) is 0.570. The predicted octanol–water partition coefficient (Wildman–Crippen LogP) is 2.63. The third kappa shape index (κ3) is 2.36. The topological polar surface area (TPSA) is 12.5 Å². The second-order valence-electron chi connectivity index (χ2n) is 3.19. The van der Waals surface area contributed by atoms with E-state index in [0.717, 1.165) is 0 Å². The highest BCUT2D eigenvalue weighted by Crippen LogP contribution is 2.31. The third-order valence-electron chi connectivity index (χ3n) is 1.90. The molecule has 0 aliphatic heterocycles. The van der Waals surface area contributed by atoms with Gasteiger partial charge in [0.2, 0.25) is 0 Å². The zero-order chi connectivity index (χ0) is 10.7. The van der Waals surface area contributed by atoms with E-state index in [1.807, 2.05) is 14.1 Å². The van der Waals surface area contributed by atoms with Crippen molar-refractivity contribution in [2.24, 2.45) is 0 Å². The minimum absolute atomic E-state index is 0.312. The molecule has 0 aliphatic rings. The lowest BCUT2D eigenvalue weighted by molar-refractivity contribution is 0.358. The Hall–Kier alpha value is -0.800. The molecule has 0 saturated heterocycles. The van der Waals surface area contributed by atoms with Crippen LogP contribution >= 0.6 is 11.6 Å². The van der Waals surface area contributed by atoms with Crippen LogP contribution in [-0.4, -0.2) is 26.1 Å². The number of alkyl halides is 1. The van der Waals surface area contributed by atoms with E-state index in [1.165, 1.54) is 19.2 Å². The number of hydrogen-bond donors (Lipinski definition) is 0. The molecule has 2 nitrogen and oxygen atoms in total. The van der Waals surface area contributed by atoms with E-state index in [2.05, 4.69) is 0 Å². The van der Waals surface area contributed by atoms with Crippen molar-refractivity contribution in [2.45, 2.75) is 5.50 Å². The fourth-order valence-corrected chi connectivity index (χ4v) is 1.34. The van der Waals surface area contributed by atoms with E-state index < -0.39 is 0 Å². The van der Waals surface area contributed by atoms with Crippen LogP contribution in [0.1, 0.15) is 11.1 Å². The van der Waals surface area contributed by atoms with Crippen LogP contribution in [0.5, 0.6) is 5.75 Å². The van der Waals surface area contributed by atoms with Gasteiger partial charge in [-0.05, 0) is 32.3 Å². The van der Waals surface area contributed by atoms with Crippen LogP contribution in [0, 0.1) is 5.82 Å². The Labute approximate surface area is 88.2 Å². The highest BCUT2D eigenvalue weighted by Gasteiger charge is 2.15. The van der Waals surface area contributed by atoms with Gasteiger partial charge in [-0.25, -0.2) is 4.39 Å². The molecule has 14 heavy (non-hydrogen) atoms. The molecular weight excluding hydrogens is 205 g/mol. The summed E-state index contributed by atoms with van der Waals surface area (Å²) in [6, 6.07) is 4.31. The van der Waals surface area contributed by atoms with Gasteiger partial charge in [-0.15, -0.1) is 11.6 Å². The zero-order valence-electron chi connectivity index (χ0n) is 8.42. The lowest BCUT2D eigenvalue weighted by atomic mass is 10.2. The Morgan fingerprint density at radius 1 is 1.43 bits per heavy atom. The summed E-state index contributed by atoms with van der Waals surface area (Å²) >= 11 is 6.08. The fraction of sp³-hybridized carbons (Fsp3) is 0.400. The molecule has 1 atom stereocenters. The van der Waals surface area contributed by atoms with Gasteiger partial charge in [-0.3, -0.25) is 4.90 Å². The normalized spacial score (nSPS) is 13.0. The molecule has 0 heterocycles. The van der Waals surface area contributed by atoms with Crippen LogP contribution in [0.3, 0.4) is 0 Å². The van der Waals surface area contributed by atoms with Crippen molar-refractivity contribution in [3.63, 3.8) is 0 Å². The molecule has 1 aromatic rings. The summed E-state index contributed by atoms with van der Waals surface area (Å²) in [5, 5.41) is 0. The Balaban J connectivity index is 3.10. The molecular formula is C10H13ClFNO. The maximum absolute atomic E-state index is 13.0. The molecule has 0 fully saturated rings. The van der Waals surface area contributed by atoms with Gasteiger partial charge in [-0.1, -0.05) is 0 Å². The number of rotatable bonds is 3. The van der Waals surface area contributed by atoms with E-state index in [0.29, 0.717) is 11.3 Å². The average molecular weight is 218 g/mol. The Morgan fingerprint density at radius 3 is 2.57 bits per heavy atom. The Kier molecular flexibility index (Phi) is 3.72. The van der Waals surface area contributed by atoms with Crippen LogP contribution in [0.25, 0.3) is 0 Å². The van der Waals surface area contributed by atoms with Gasteiger partial charge in [0.25, 0.3) is 0 Å². The van der Waals surface area contributed by atoms with E-state index >= 15 is 0 Å². The van der Waals surface area contributed by atoms with Crippen LogP contribution in [0.4, 0.5) is 4.39 Å². The summed E-state index contributed by atoms with van der Waals surface area (Å²) in [7, 11) is 5.18. The number of benzene rings is 1. The molecule has 0 spiro atoms. The number of methoxy groups -OCH3 is 1. The van der Waals surface area contributed by atoms with Crippen LogP contribution in [0.2, 0.25) is 0 Å². The van der Waals surface area contributed by atoms with Crippen molar-refractivity contribution >= 4 is 11.6 Å². The molecule has 0 radical (unpaired) electrons. The van der Waals surface area contributed by atoms with Crippen LogP contribution < -0.4 is 4.74 Å². The van der Waals surface area contributed by atoms with Crippen LogP contribution in [-0.2, 0) is 0 Å². The zero-order valence-corrected chi connectivity index (χ0v) is 9.18. The molecule has 0 aromatic heterocycles. The second-order valence-corrected chi connectivity index (χ2v) is 3.60. The first kappa shape index (κ1) is 11.3. The van der Waals surface area contributed by atoms with Gasteiger partial charge < -0.3 is 4.74 Å². The van der Waals surface area contributed by atoms with Crippen molar-refractivity contribution in [3.8, 4) is 5.75 Å². The lowest BCUT2D eigenvalue weighted by Gasteiger charge is -2.20. The number of hydrogen-bond acceptors (Lipinski definition) is 2. The fourth-order valence-electron chi connectivity index (χ4n) is 1.17. The first-order valence-corrected chi connectivity index (χ1v) is 4.64.